The molecule has 0 atom stereocenters. The fourth-order valence-corrected chi connectivity index (χ4v) is 4.09. The molecule has 0 unspecified atom stereocenters. The molecule has 30 heavy (non-hydrogen) atoms. The zero-order valence-corrected chi connectivity index (χ0v) is 17.0. The maximum Gasteiger partial charge on any atom is 0.255 e. The fourth-order valence-electron chi connectivity index (χ4n) is 4.09. The Balaban J connectivity index is 1.89. The zero-order chi connectivity index (χ0) is 21.1. The van der Waals surface area contributed by atoms with Crippen molar-refractivity contribution in [2.24, 2.45) is 0 Å². The molecular formula is C21H24F2N4O3. The van der Waals surface area contributed by atoms with Gasteiger partial charge in [-0.05, 0) is 12.8 Å². The number of hydrogen-bond donors (Lipinski definition) is 0. The van der Waals surface area contributed by atoms with Gasteiger partial charge in [0.25, 0.3) is 5.78 Å². The minimum Gasteiger partial charge on any atom is -0.491 e. The number of ether oxygens (including phenoxy) is 3. The average Bonchev–Trinajstić information content (AvgIpc) is 3.21. The predicted octanol–water partition coefficient (Wildman–Crippen LogP) is 4.15. The third kappa shape index (κ3) is 3.81. The average molecular weight is 418 g/mol. The van der Waals surface area contributed by atoms with Crippen LogP contribution in [0.4, 0.5) is 8.78 Å². The SMILES string of the molecule is COCCOc1cc(F)c(-c2c(OC)nc3ncnn3c2C2CCCCC2)c(F)c1. The standard InChI is InChI=1S/C21H24F2N4O3/c1-28-8-9-30-14-10-15(22)17(16(23)11-14)18-19(13-6-4-3-5-7-13)27-21(24-12-25-27)26-20(18)29-2/h10-13H,3-9H2,1-2H3. The zero-order valence-electron chi connectivity index (χ0n) is 17.0. The molecule has 1 saturated carbocycles. The van der Waals surface area contributed by atoms with Crippen molar-refractivity contribution in [1.82, 2.24) is 19.6 Å². The minimum atomic E-state index is -0.751. The first-order valence-corrected chi connectivity index (χ1v) is 10.0. The monoisotopic (exact) mass is 418 g/mol. The highest BCUT2D eigenvalue weighted by molar-refractivity contribution is 5.74. The van der Waals surface area contributed by atoms with Crippen molar-refractivity contribution in [3.05, 3.63) is 35.8 Å². The summed E-state index contributed by atoms with van der Waals surface area (Å²) in [6.07, 6.45) is 6.42. The van der Waals surface area contributed by atoms with Gasteiger partial charge in [-0.15, -0.1) is 0 Å². The lowest BCUT2D eigenvalue weighted by Crippen LogP contribution is -2.15. The van der Waals surface area contributed by atoms with Gasteiger partial charge in [-0.3, -0.25) is 0 Å². The van der Waals surface area contributed by atoms with Crippen LogP contribution in [0.5, 0.6) is 11.6 Å². The second-order valence-electron chi connectivity index (χ2n) is 7.29. The molecule has 0 saturated heterocycles. The smallest absolute Gasteiger partial charge is 0.255 e. The van der Waals surface area contributed by atoms with E-state index in [1.807, 2.05) is 0 Å². The summed E-state index contributed by atoms with van der Waals surface area (Å²) in [5, 5.41) is 4.29. The molecule has 1 aromatic carbocycles. The van der Waals surface area contributed by atoms with Crippen molar-refractivity contribution < 1.29 is 23.0 Å². The molecule has 160 valence electrons. The number of rotatable bonds is 7. The number of aromatic nitrogens is 4. The van der Waals surface area contributed by atoms with E-state index in [1.54, 1.807) is 4.52 Å². The van der Waals surface area contributed by atoms with Crippen molar-refractivity contribution >= 4 is 5.78 Å². The van der Waals surface area contributed by atoms with E-state index >= 15 is 8.78 Å². The van der Waals surface area contributed by atoms with Crippen LogP contribution in [0.25, 0.3) is 16.9 Å². The molecule has 9 heteroatoms. The fraction of sp³-hybridized carbons (Fsp3) is 0.476. The number of nitrogens with zero attached hydrogens (tertiary/aromatic N) is 4. The van der Waals surface area contributed by atoms with Crippen LogP contribution >= 0.6 is 0 Å². The summed E-state index contributed by atoms with van der Waals surface area (Å²) in [4.78, 5) is 8.50. The van der Waals surface area contributed by atoms with E-state index < -0.39 is 11.6 Å². The molecule has 1 aliphatic rings. The van der Waals surface area contributed by atoms with Crippen LogP contribution < -0.4 is 9.47 Å². The molecule has 3 aromatic rings. The van der Waals surface area contributed by atoms with Crippen molar-refractivity contribution in [2.75, 3.05) is 27.4 Å². The molecule has 0 radical (unpaired) electrons. The van der Waals surface area contributed by atoms with Crippen LogP contribution in [-0.2, 0) is 4.74 Å². The Labute approximate surface area is 173 Å². The summed E-state index contributed by atoms with van der Waals surface area (Å²) in [7, 11) is 2.96. The summed E-state index contributed by atoms with van der Waals surface area (Å²) >= 11 is 0. The van der Waals surface area contributed by atoms with Crippen LogP contribution in [0.3, 0.4) is 0 Å². The molecule has 0 aliphatic heterocycles. The lowest BCUT2D eigenvalue weighted by atomic mass is 9.83. The molecule has 0 N–H and O–H groups in total. The number of hydrogen-bond acceptors (Lipinski definition) is 6. The van der Waals surface area contributed by atoms with Gasteiger partial charge in [0, 0.05) is 25.2 Å². The Morgan fingerprint density at radius 2 is 1.77 bits per heavy atom. The predicted molar refractivity (Wildman–Crippen MR) is 106 cm³/mol. The number of fused-ring (bicyclic) bond motifs is 1. The molecule has 2 heterocycles. The lowest BCUT2D eigenvalue weighted by molar-refractivity contribution is 0.146. The minimum absolute atomic E-state index is 0.0753. The Bertz CT molecular complexity index is 1010. The molecule has 0 amide bonds. The molecule has 7 nitrogen and oxygen atoms in total. The first-order valence-electron chi connectivity index (χ1n) is 10.0. The van der Waals surface area contributed by atoms with Crippen LogP contribution in [0.15, 0.2) is 18.5 Å². The van der Waals surface area contributed by atoms with E-state index in [4.69, 9.17) is 14.2 Å². The van der Waals surface area contributed by atoms with Crippen LogP contribution in [-0.4, -0.2) is 47.0 Å². The quantitative estimate of drug-likeness (QED) is 0.537. The molecule has 1 aliphatic carbocycles. The Kier molecular flexibility index (Phi) is 6.08. The first kappa shape index (κ1) is 20.5. The molecule has 1 fully saturated rings. The third-order valence-electron chi connectivity index (χ3n) is 5.44. The molecule has 4 rings (SSSR count). The molecular weight excluding hydrogens is 394 g/mol. The van der Waals surface area contributed by atoms with Gasteiger partial charge in [0.1, 0.15) is 30.3 Å². The second kappa shape index (κ2) is 8.91. The molecule has 0 bridgehead atoms. The topological polar surface area (TPSA) is 70.8 Å². The van der Waals surface area contributed by atoms with Gasteiger partial charge < -0.3 is 14.2 Å². The van der Waals surface area contributed by atoms with Crippen molar-refractivity contribution in [3.63, 3.8) is 0 Å². The van der Waals surface area contributed by atoms with E-state index in [2.05, 4.69) is 15.1 Å². The van der Waals surface area contributed by atoms with Gasteiger partial charge in [0.2, 0.25) is 5.88 Å². The van der Waals surface area contributed by atoms with Crippen molar-refractivity contribution in [3.8, 4) is 22.8 Å². The number of benzene rings is 1. The Morgan fingerprint density at radius 1 is 1.03 bits per heavy atom. The van der Waals surface area contributed by atoms with E-state index in [9.17, 15) is 0 Å². The van der Waals surface area contributed by atoms with Crippen LogP contribution in [0.2, 0.25) is 0 Å². The second-order valence-corrected chi connectivity index (χ2v) is 7.29. The summed E-state index contributed by atoms with van der Waals surface area (Å²) in [5.41, 5.74) is 0.761. The summed E-state index contributed by atoms with van der Waals surface area (Å²) in [6, 6.07) is 2.34. The van der Waals surface area contributed by atoms with Gasteiger partial charge in [-0.25, -0.2) is 13.3 Å². The largest absolute Gasteiger partial charge is 0.491 e. The van der Waals surface area contributed by atoms with Crippen molar-refractivity contribution in [2.45, 2.75) is 38.0 Å². The van der Waals surface area contributed by atoms with Crippen LogP contribution in [0.1, 0.15) is 43.7 Å². The van der Waals surface area contributed by atoms with Gasteiger partial charge in [-0.2, -0.15) is 15.1 Å². The summed E-state index contributed by atoms with van der Waals surface area (Å²) in [5.74, 6) is -0.860. The number of methoxy groups -OCH3 is 2. The van der Waals surface area contributed by atoms with Gasteiger partial charge in [0.15, 0.2) is 0 Å². The van der Waals surface area contributed by atoms with Crippen molar-refractivity contribution in [1.29, 1.82) is 0 Å². The maximum absolute atomic E-state index is 15.2. The Hall–Kier alpha value is -2.81. The van der Waals surface area contributed by atoms with Gasteiger partial charge >= 0.3 is 0 Å². The van der Waals surface area contributed by atoms with Gasteiger partial charge in [-0.1, -0.05) is 19.3 Å². The van der Waals surface area contributed by atoms with E-state index in [-0.39, 0.29) is 35.3 Å². The normalized spacial score (nSPS) is 14.9. The number of halogens is 2. The van der Waals surface area contributed by atoms with Gasteiger partial charge in [0.05, 0.1) is 30.5 Å². The summed E-state index contributed by atoms with van der Waals surface area (Å²) in [6.45, 7) is 0.509. The third-order valence-corrected chi connectivity index (χ3v) is 5.44. The summed E-state index contributed by atoms with van der Waals surface area (Å²) < 4.78 is 47.8. The molecule has 0 spiro atoms. The van der Waals surface area contributed by atoms with Crippen LogP contribution in [0, 0.1) is 11.6 Å². The highest BCUT2D eigenvalue weighted by Crippen LogP contribution is 2.43. The highest BCUT2D eigenvalue weighted by atomic mass is 19.1. The maximum atomic E-state index is 15.2. The van der Waals surface area contributed by atoms with E-state index in [0.29, 0.717) is 18.1 Å². The van der Waals surface area contributed by atoms with E-state index in [0.717, 1.165) is 32.1 Å². The highest BCUT2D eigenvalue weighted by Gasteiger charge is 2.30. The Morgan fingerprint density at radius 3 is 2.43 bits per heavy atom. The first-order chi connectivity index (χ1) is 14.6. The lowest BCUT2D eigenvalue weighted by Gasteiger charge is -2.25. The van der Waals surface area contributed by atoms with E-state index in [1.165, 1.54) is 32.7 Å². The molecule has 2 aromatic heterocycles.